The molecule has 8 nitrogen and oxygen atoms in total. The largest absolute Gasteiger partial charge is 0.497 e. The van der Waals surface area contributed by atoms with E-state index in [1.807, 2.05) is 30.3 Å². The summed E-state index contributed by atoms with van der Waals surface area (Å²) in [5.74, 6) is -0.335. The second-order valence-corrected chi connectivity index (χ2v) is 10.8. The second-order valence-electron chi connectivity index (χ2n) is 8.44. The summed E-state index contributed by atoms with van der Waals surface area (Å²) in [6.07, 6.45) is 1.29. The van der Waals surface area contributed by atoms with E-state index in [9.17, 15) is 18.0 Å². The van der Waals surface area contributed by atoms with Crippen molar-refractivity contribution in [3.8, 4) is 5.75 Å². The van der Waals surface area contributed by atoms with Crippen molar-refractivity contribution in [3.63, 3.8) is 0 Å². The summed E-state index contributed by atoms with van der Waals surface area (Å²) in [5, 5.41) is 3.18. The van der Waals surface area contributed by atoms with Crippen LogP contribution in [0.1, 0.15) is 11.1 Å². The Labute approximate surface area is 222 Å². The van der Waals surface area contributed by atoms with Crippen molar-refractivity contribution in [1.29, 1.82) is 0 Å². The molecule has 2 amide bonds. The Hall–Kier alpha value is -3.56. The van der Waals surface area contributed by atoms with Gasteiger partial charge in [-0.25, -0.2) is 8.42 Å². The summed E-state index contributed by atoms with van der Waals surface area (Å²) in [6.45, 7) is -0.401. The number of nitrogens with one attached hydrogen (secondary N) is 1. The van der Waals surface area contributed by atoms with E-state index in [4.69, 9.17) is 16.3 Å². The topological polar surface area (TPSA) is 96.0 Å². The van der Waals surface area contributed by atoms with Crippen LogP contribution in [-0.4, -0.2) is 58.1 Å². The fraction of sp³-hybridized carbons (Fsp3) is 0.259. The van der Waals surface area contributed by atoms with Crippen molar-refractivity contribution < 1.29 is 22.7 Å². The zero-order valence-electron chi connectivity index (χ0n) is 20.9. The molecule has 1 atom stereocenters. The minimum Gasteiger partial charge on any atom is -0.497 e. The van der Waals surface area contributed by atoms with Gasteiger partial charge >= 0.3 is 0 Å². The number of amides is 2. The van der Waals surface area contributed by atoms with Gasteiger partial charge in [-0.1, -0.05) is 54.1 Å². The predicted octanol–water partition coefficient (Wildman–Crippen LogP) is 3.50. The van der Waals surface area contributed by atoms with E-state index in [0.717, 1.165) is 21.7 Å². The zero-order valence-corrected chi connectivity index (χ0v) is 22.5. The number of anilines is 1. The summed E-state index contributed by atoms with van der Waals surface area (Å²) in [5.41, 5.74) is 1.91. The number of halogens is 1. The molecule has 1 N–H and O–H groups in total. The molecule has 0 unspecified atom stereocenters. The van der Waals surface area contributed by atoms with Crippen LogP contribution in [0.5, 0.6) is 5.75 Å². The SMILES string of the molecule is CNC(=O)[C@@H](Cc1ccccc1)N(Cc1ccc(Cl)cc1)C(=O)CN(c1ccc(OC)cc1)S(C)(=O)=O. The monoisotopic (exact) mass is 543 g/mol. The number of hydrogen-bond acceptors (Lipinski definition) is 5. The number of ether oxygens (including phenoxy) is 1. The standard InChI is InChI=1S/C27H30ClN3O5S/c1-29-27(33)25(17-20-7-5-4-6-8-20)30(18-21-9-11-22(28)12-10-21)26(32)19-31(37(3,34)35)23-13-15-24(36-2)16-14-23/h4-16,25H,17-19H2,1-3H3,(H,29,33)/t25-/m1/s1. The number of carbonyl (C=O) groups is 2. The molecule has 0 saturated heterocycles. The highest BCUT2D eigenvalue weighted by Crippen LogP contribution is 2.23. The van der Waals surface area contributed by atoms with E-state index in [1.54, 1.807) is 48.5 Å². The highest BCUT2D eigenvalue weighted by atomic mass is 35.5. The van der Waals surface area contributed by atoms with E-state index in [-0.39, 0.29) is 18.9 Å². The van der Waals surface area contributed by atoms with Crippen LogP contribution in [0.15, 0.2) is 78.9 Å². The second kappa shape index (κ2) is 12.6. The molecule has 0 bridgehead atoms. The van der Waals surface area contributed by atoms with Crippen molar-refractivity contribution in [1.82, 2.24) is 10.2 Å². The molecule has 3 rings (SSSR count). The molecule has 196 valence electrons. The Bertz CT molecular complexity index is 1300. The quantitative estimate of drug-likeness (QED) is 0.399. The fourth-order valence-corrected chi connectivity index (χ4v) is 4.84. The Kier molecular flexibility index (Phi) is 9.54. The summed E-state index contributed by atoms with van der Waals surface area (Å²) >= 11 is 6.04. The fourth-order valence-electron chi connectivity index (χ4n) is 3.87. The van der Waals surface area contributed by atoms with Gasteiger partial charge in [0.1, 0.15) is 18.3 Å². The molecule has 0 aromatic heterocycles. The molecule has 3 aromatic carbocycles. The molecular formula is C27H30ClN3O5S. The Balaban J connectivity index is 2.00. The van der Waals surface area contributed by atoms with Crippen molar-refractivity contribution in [2.75, 3.05) is 31.3 Å². The van der Waals surface area contributed by atoms with Crippen LogP contribution < -0.4 is 14.4 Å². The minimum absolute atomic E-state index is 0.0845. The van der Waals surface area contributed by atoms with E-state index < -0.39 is 28.5 Å². The normalized spacial score (nSPS) is 11.9. The molecule has 0 spiro atoms. The minimum atomic E-state index is -3.83. The van der Waals surface area contributed by atoms with E-state index >= 15 is 0 Å². The lowest BCUT2D eigenvalue weighted by atomic mass is 10.0. The molecule has 0 aliphatic heterocycles. The first kappa shape index (κ1) is 28.0. The molecule has 0 saturated carbocycles. The molecular weight excluding hydrogens is 514 g/mol. The number of carbonyl (C=O) groups excluding carboxylic acids is 2. The van der Waals surface area contributed by atoms with Gasteiger partial charge in [0, 0.05) is 25.0 Å². The van der Waals surface area contributed by atoms with Crippen LogP contribution in [0.2, 0.25) is 5.02 Å². The summed E-state index contributed by atoms with van der Waals surface area (Å²) in [4.78, 5) is 28.3. The van der Waals surface area contributed by atoms with Gasteiger partial charge in [-0.3, -0.25) is 13.9 Å². The van der Waals surface area contributed by atoms with Crippen molar-refractivity contribution in [2.45, 2.75) is 19.0 Å². The Morgan fingerprint density at radius 2 is 1.57 bits per heavy atom. The van der Waals surface area contributed by atoms with Crippen LogP contribution in [0.4, 0.5) is 5.69 Å². The van der Waals surface area contributed by atoms with Crippen LogP contribution in [0.3, 0.4) is 0 Å². The maximum absolute atomic E-state index is 13.8. The van der Waals surface area contributed by atoms with Gasteiger partial charge in [0.25, 0.3) is 0 Å². The molecule has 3 aromatic rings. The van der Waals surface area contributed by atoms with Gasteiger partial charge in [0.05, 0.1) is 19.1 Å². The van der Waals surface area contributed by atoms with Crippen molar-refractivity contribution in [3.05, 3.63) is 95.0 Å². The average Bonchev–Trinajstić information content (AvgIpc) is 2.89. The first-order valence-corrected chi connectivity index (χ1v) is 13.8. The Morgan fingerprint density at radius 3 is 2.11 bits per heavy atom. The van der Waals surface area contributed by atoms with Gasteiger partial charge in [0.2, 0.25) is 21.8 Å². The van der Waals surface area contributed by atoms with Crippen LogP contribution >= 0.6 is 11.6 Å². The molecule has 0 aliphatic carbocycles. The lowest BCUT2D eigenvalue weighted by Gasteiger charge is -2.33. The summed E-state index contributed by atoms with van der Waals surface area (Å²) in [7, 11) is -0.815. The van der Waals surface area contributed by atoms with Crippen LogP contribution in [-0.2, 0) is 32.6 Å². The number of sulfonamides is 1. The third-order valence-electron chi connectivity index (χ3n) is 5.82. The van der Waals surface area contributed by atoms with E-state index in [0.29, 0.717) is 16.5 Å². The van der Waals surface area contributed by atoms with Crippen molar-refractivity contribution in [2.24, 2.45) is 0 Å². The van der Waals surface area contributed by atoms with E-state index in [1.165, 1.54) is 19.1 Å². The van der Waals surface area contributed by atoms with Gasteiger partial charge in [-0.05, 0) is 47.5 Å². The molecule has 0 fully saturated rings. The Morgan fingerprint density at radius 1 is 0.946 bits per heavy atom. The zero-order chi connectivity index (χ0) is 27.0. The van der Waals surface area contributed by atoms with Crippen molar-refractivity contribution >= 4 is 39.1 Å². The van der Waals surface area contributed by atoms with Gasteiger partial charge in [-0.2, -0.15) is 0 Å². The molecule has 0 aliphatic rings. The van der Waals surface area contributed by atoms with Gasteiger partial charge in [0.15, 0.2) is 0 Å². The van der Waals surface area contributed by atoms with Gasteiger partial charge in [-0.15, -0.1) is 0 Å². The number of methoxy groups -OCH3 is 1. The molecule has 0 heterocycles. The first-order valence-electron chi connectivity index (χ1n) is 11.5. The lowest BCUT2D eigenvalue weighted by Crippen LogP contribution is -2.52. The average molecular weight is 544 g/mol. The summed E-state index contributed by atoms with van der Waals surface area (Å²) in [6, 6.07) is 21.8. The molecule has 10 heteroatoms. The van der Waals surface area contributed by atoms with E-state index in [2.05, 4.69) is 5.32 Å². The number of hydrogen-bond donors (Lipinski definition) is 1. The van der Waals surface area contributed by atoms with Crippen LogP contribution in [0.25, 0.3) is 0 Å². The number of rotatable bonds is 11. The third-order valence-corrected chi connectivity index (χ3v) is 7.22. The highest BCUT2D eigenvalue weighted by Gasteiger charge is 2.32. The maximum atomic E-state index is 13.8. The number of benzene rings is 3. The summed E-state index contributed by atoms with van der Waals surface area (Å²) < 4.78 is 31.6. The predicted molar refractivity (Wildman–Crippen MR) is 145 cm³/mol. The number of likely N-dealkylation sites (N-methyl/N-ethyl adjacent to an activating group) is 1. The first-order chi connectivity index (χ1) is 17.6. The maximum Gasteiger partial charge on any atom is 0.244 e. The smallest absolute Gasteiger partial charge is 0.244 e. The van der Waals surface area contributed by atoms with Gasteiger partial charge < -0.3 is 15.0 Å². The third kappa shape index (κ3) is 7.71. The lowest BCUT2D eigenvalue weighted by molar-refractivity contribution is -0.139. The highest BCUT2D eigenvalue weighted by molar-refractivity contribution is 7.92. The molecule has 37 heavy (non-hydrogen) atoms. The number of nitrogens with zero attached hydrogens (tertiary/aromatic N) is 2. The van der Waals surface area contributed by atoms with Crippen LogP contribution in [0, 0.1) is 0 Å². The molecule has 0 radical (unpaired) electrons.